The third-order valence-corrected chi connectivity index (χ3v) is 12.2. The van der Waals surface area contributed by atoms with Crippen molar-refractivity contribution in [2.24, 2.45) is 5.92 Å². The minimum atomic E-state index is -3.36. The number of carbonyl (C=O) groups is 2. The van der Waals surface area contributed by atoms with Crippen LogP contribution in [0.5, 0.6) is 0 Å². The first-order valence-electron chi connectivity index (χ1n) is 13.1. The van der Waals surface area contributed by atoms with Gasteiger partial charge in [0.1, 0.15) is 0 Å². The maximum absolute atomic E-state index is 16.0. The van der Waals surface area contributed by atoms with Gasteiger partial charge in [-0.15, -0.1) is 0 Å². The predicted molar refractivity (Wildman–Crippen MR) is 164 cm³/mol. The van der Waals surface area contributed by atoms with Crippen LogP contribution in [-0.4, -0.2) is 55.5 Å². The van der Waals surface area contributed by atoms with Crippen LogP contribution in [0.3, 0.4) is 0 Å². The Bertz CT molecular complexity index is 1260. The van der Waals surface area contributed by atoms with Crippen molar-refractivity contribution in [3.63, 3.8) is 0 Å². The fourth-order valence-electron chi connectivity index (χ4n) is 6.84. The molecule has 0 bridgehead atoms. The zero-order valence-electron chi connectivity index (χ0n) is 21.8. The number of rotatable bonds is 6. The molecule has 0 radical (unpaired) electrons. The van der Waals surface area contributed by atoms with Crippen molar-refractivity contribution in [2.45, 2.75) is 69.1 Å². The lowest BCUT2D eigenvalue weighted by Gasteiger charge is -2.31. The van der Waals surface area contributed by atoms with E-state index in [1.165, 1.54) is 0 Å². The zero-order chi connectivity index (χ0) is 27.4. The summed E-state index contributed by atoms with van der Waals surface area (Å²) in [5.74, 6) is -0.763. The molecule has 2 saturated heterocycles. The quantitative estimate of drug-likeness (QED) is 0.237. The highest BCUT2D eigenvalue weighted by Crippen LogP contribution is 2.60. The highest BCUT2D eigenvalue weighted by molar-refractivity contribution is 14.1. The number of amides is 2. The third-order valence-electron chi connectivity index (χ3n) is 8.44. The van der Waals surface area contributed by atoms with Gasteiger partial charge < -0.3 is 23.8 Å². The Hall–Kier alpha value is -1.09. The summed E-state index contributed by atoms with van der Waals surface area (Å²) in [6, 6.07) is 13.7. The van der Waals surface area contributed by atoms with Crippen molar-refractivity contribution in [1.29, 1.82) is 0 Å². The van der Waals surface area contributed by atoms with Crippen LogP contribution in [-0.2, 0) is 26.5 Å². The Morgan fingerprint density at radius 1 is 1.21 bits per heavy atom. The first-order chi connectivity index (χ1) is 18.0. The number of carbonyl (C=O) groups excluding carboxylic acids is 2. The Kier molecular flexibility index (Phi) is 8.02. The number of aliphatic hydroxyl groups is 1. The number of likely N-dealkylation sites (tertiary alicyclic amines) is 1. The number of hydrogen-bond donors (Lipinski definition) is 1. The molecule has 2 amide bonds. The van der Waals surface area contributed by atoms with E-state index in [0.717, 1.165) is 36.8 Å². The number of hydrogen-bond acceptors (Lipinski definition) is 4. The molecule has 6 nitrogen and oxygen atoms in total. The van der Waals surface area contributed by atoms with Crippen LogP contribution in [0, 0.1) is 13.1 Å². The molecule has 0 aromatic heterocycles. The van der Waals surface area contributed by atoms with Crippen molar-refractivity contribution in [3.05, 3.63) is 60.7 Å². The van der Waals surface area contributed by atoms with E-state index in [0.29, 0.717) is 13.1 Å². The van der Waals surface area contributed by atoms with Crippen LogP contribution in [0.2, 0.25) is 18.6 Å². The van der Waals surface area contributed by atoms with Gasteiger partial charge in [0.2, 0.25) is 14.3 Å². The number of anilines is 1. The summed E-state index contributed by atoms with van der Waals surface area (Å²) in [5.41, 5.74) is 0.676. The first-order valence-corrected chi connectivity index (χ1v) is 18.2. The summed E-state index contributed by atoms with van der Waals surface area (Å²) in [6.45, 7) is 6.12. The van der Waals surface area contributed by atoms with Crippen molar-refractivity contribution in [1.82, 2.24) is 4.90 Å². The van der Waals surface area contributed by atoms with E-state index in [1.807, 2.05) is 43.3 Å². The topological polar surface area (TPSA) is 70.1 Å². The van der Waals surface area contributed by atoms with Gasteiger partial charge in [-0.3, -0.25) is 9.59 Å². The highest BCUT2D eigenvalue weighted by Gasteiger charge is 2.67. The standard InChI is InChI=1S/C28H33FI2N2O4Si/c1-17-26(38(2,3)29)24(14-25(35)32-11-5-8-21(32)16-34)37-28(17)22-13-20(31)9-10-23(22)33(27(28)36)15-18-6-4-7-19(30)12-18/h4,6-7,9-10,12-13,17,21,24,26,34H,5,8,11,14-16H2,1-3H3/t17-,21+,24+,26-,28+/m1/s1. The van der Waals surface area contributed by atoms with Crippen LogP contribution in [0.15, 0.2) is 42.5 Å². The van der Waals surface area contributed by atoms with Crippen LogP contribution in [0.4, 0.5) is 9.80 Å². The maximum Gasteiger partial charge on any atom is 0.264 e. The van der Waals surface area contributed by atoms with Crippen LogP contribution in [0.25, 0.3) is 0 Å². The zero-order valence-corrected chi connectivity index (χ0v) is 27.1. The molecule has 1 N–H and O–H groups in total. The van der Waals surface area contributed by atoms with Gasteiger partial charge in [-0.1, -0.05) is 19.1 Å². The van der Waals surface area contributed by atoms with Gasteiger partial charge >= 0.3 is 0 Å². The minimum Gasteiger partial charge on any atom is -0.394 e. The second kappa shape index (κ2) is 10.7. The van der Waals surface area contributed by atoms with Crippen LogP contribution >= 0.6 is 45.2 Å². The lowest BCUT2D eigenvalue weighted by molar-refractivity contribution is -0.150. The van der Waals surface area contributed by atoms with Gasteiger partial charge in [0, 0.05) is 30.7 Å². The average Bonchev–Trinajstić information content (AvgIpc) is 3.50. The van der Waals surface area contributed by atoms with Crippen LogP contribution in [0.1, 0.15) is 37.3 Å². The molecule has 3 heterocycles. The second-order valence-corrected chi connectivity index (χ2v) is 17.5. The van der Waals surface area contributed by atoms with Gasteiger partial charge in [0.25, 0.3) is 5.91 Å². The van der Waals surface area contributed by atoms with E-state index < -0.39 is 31.6 Å². The lowest BCUT2D eigenvalue weighted by atomic mass is 9.82. The number of benzene rings is 2. The van der Waals surface area contributed by atoms with Gasteiger partial charge in [-0.05, 0) is 107 Å². The summed E-state index contributed by atoms with van der Waals surface area (Å²) < 4.78 is 24.8. The highest BCUT2D eigenvalue weighted by atomic mass is 127. The molecule has 1 spiro atoms. The molecule has 204 valence electrons. The van der Waals surface area contributed by atoms with Crippen molar-refractivity contribution in [3.8, 4) is 0 Å². The summed E-state index contributed by atoms with van der Waals surface area (Å²) in [7, 11) is -3.36. The van der Waals surface area contributed by atoms with E-state index >= 15 is 4.11 Å². The minimum absolute atomic E-state index is 0.0109. The Morgan fingerprint density at radius 2 is 1.95 bits per heavy atom. The smallest absolute Gasteiger partial charge is 0.264 e. The maximum atomic E-state index is 16.0. The Labute approximate surface area is 251 Å². The summed E-state index contributed by atoms with van der Waals surface area (Å²) in [6.07, 6.45) is 0.902. The molecule has 5 rings (SSSR count). The van der Waals surface area contributed by atoms with Crippen molar-refractivity contribution < 1.29 is 23.5 Å². The SMILES string of the molecule is C[C@@H]1[C@@H]([Si](C)(C)F)[C@H](CC(=O)N2CCC[C@H]2CO)O[C@@]12C(=O)N(Cc1cccc(I)c1)c1ccc(I)cc12. The van der Waals surface area contributed by atoms with E-state index in [1.54, 1.807) is 22.9 Å². The van der Waals surface area contributed by atoms with E-state index in [2.05, 4.69) is 51.2 Å². The lowest BCUT2D eigenvalue weighted by Crippen LogP contribution is -2.45. The molecule has 38 heavy (non-hydrogen) atoms. The molecule has 0 aliphatic carbocycles. The molecule has 5 atom stereocenters. The molecule has 2 aromatic carbocycles. The summed E-state index contributed by atoms with van der Waals surface area (Å²) in [4.78, 5) is 31.3. The van der Waals surface area contributed by atoms with E-state index in [9.17, 15) is 14.7 Å². The summed E-state index contributed by atoms with van der Waals surface area (Å²) >= 11 is 4.50. The van der Waals surface area contributed by atoms with Gasteiger partial charge in [-0.2, -0.15) is 0 Å². The van der Waals surface area contributed by atoms with Gasteiger partial charge in [0.05, 0.1) is 37.4 Å². The van der Waals surface area contributed by atoms with Crippen molar-refractivity contribution in [2.75, 3.05) is 18.1 Å². The van der Waals surface area contributed by atoms with Gasteiger partial charge in [-0.25, -0.2) is 0 Å². The van der Waals surface area contributed by atoms with E-state index in [-0.39, 0.29) is 30.9 Å². The van der Waals surface area contributed by atoms with Gasteiger partial charge in [0.15, 0.2) is 5.60 Å². The molecule has 2 fully saturated rings. The normalized spacial score (nSPS) is 29.0. The molecular weight excluding hydrogens is 729 g/mol. The largest absolute Gasteiger partial charge is 0.394 e. The number of ether oxygens (including phenoxy) is 1. The van der Waals surface area contributed by atoms with Crippen molar-refractivity contribution >= 4 is 71.1 Å². The number of aliphatic hydroxyl groups excluding tert-OH is 1. The predicted octanol–water partition coefficient (Wildman–Crippen LogP) is 5.59. The molecule has 3 aliphatic rings. The molecule has 2 aromatic rings. The molecule has 10 heteroatoms. The fourth-order valence-corrected chi connectivity index (χ4v) is 10.4. The molecule has 0 unspecified atom stereocenters. The van der Waals surface area contributed by atoms with E-state index in [4.69, 9.17) is 4.74 Å². The number of fused-ring (bicyclic) bond motifs is 2. The van der Waals surface area contributed by atoms with Crippen LogP contribution < -0.4 is 4.90 Å². The Morgan fingerprint density at radius 3 is 2.63 bits per heavy atom. The monoisotopic (exact) mass is 762 g/mol. The average molecular weight is 762 g/mol. The fraction of sp³-hybridized carbons (Fsp3) is 0.500. The second-order valence-electron chi connectivity index (χ2n) is 11.2. The Balaban J connectivity index is 1.54. The number of nitrogens with zero attached hydrogens (tertiary/aromatic N) is 2. The molecule has 3 aliphatic heterocycles. The number of halogens is 3. The first kappa shape index (κ1) is 28.4. The molecule has 0 saturated carbocycles. The molecular formula is C28H33FI2N2O4Si. The summed E-state index contributed by atoms with van der Waals surface area (Å²) in [5, 5.41) is 9.74. The third kappa shape index (κ3) is 4.86.